The van der Waals surface area contributed by atoms with Crippen molar-refractivity contribution < 1.29 is 24.5 Å². The third kappa shape index (κ3) is 4.46. The summed E-state index contributed by atoms with van der Waals surface area (Å²) in [5.74, 6) is -0.949. The van der Waals surface area contributed by atoms with Gasteiger partial charge in [0, 0.05) is 5.75 Å². The largest absolute Gasteiger partial charge is 0.478 e. The van der Waals surface area contributed by atoms with Crippen molar-refractivity contribution in [3.8, 4) is 0 Å². The molecule has 0 unspecified atom stereocenters. The SMILES string of the molecule is CSCCOOC(=O)c1ccc(C(=O)O)cc1. The first-order valence-electron chi connectivity index (χ1n) is 4.81. The second-order valence-corrected chi connectivity index (χ2v) is 4.05. The van der Waals surface area contributed by atoms with Gasteiger partial charge >= 0.3 is 11.9 Å². The lowest BCUT2D eigenvalue weighted by Crippen LogP contribution is -2.08. The third-order valence-electron chi connectivity index (χ3n) is 1.87. The van der Waals surface area contributed by atoms with E-state index in [0.717, 1.165) is 5.75 Å². The Balaban J connectivity index is 2.49. The summed E-state index contributed by atoms with van der Waals surface area (Å²) in [7, 11) is 0. The molecule has 17 heavy (non-hydrogen) atoms. The first kappa shape index (κ1) is 13.5. The molecular formula is C11H12O5S. The maximum absolute atomic E-state index is 11.4. The van der Waals surface area contributed by atoms with E-state index in [-0.39, 0.29) is 11.1 Å². The molecule has 0 atom stereocenters. The number of carbonyl (C=O) groups excluding carboxylic acids is 1. The number of rotatable bonds is 6. The summed E-state index contributed by atoms with van der Waals surface area (Å²) in [6.45, 7) is 0.320. The van der Waals surface area contributed by atoms with Gasteiger partial charge in [-0.25, -0.2) is 9.59 Å². The minimum absolute atomic E-state index is 0.116. The number of carboxylic acid groups (broad SMARTS) is 1. The monoisotopic (exact) mass is 256 g/mol. The van der Waals surface area contributed by atoms with Crippen LogP contribution in [0.1, 0.15) is 20.7 Å². The van der Waals surface area contributed by atoms with Crippen LogP contribution in [-0.2, 0) is 9.78 Å². The second kappa shape index (κ2) is 6.93. The van der Waals surface area contributed by atoms with Gasteiger partial charge in [0.2, 0.25) is 0 Å². The van der Waals surface area contributed by atoms with Crippen LogP contribution in [0, 0.1) is 0 Å². The second-order valence-electron chi connectivity index (χ2n) is 3.07. The molecule has 0 amide bonds. The number of benzene rings is 1. The Morgan fingerprint density at radius 1 is 1.24 bits per heavy atom. The van der Waals surface area contributed by atoms with Gasteiger partial charge in [-0.15, -0.1) is 0 Å². The van der Waals surface area contributed by atoms with Crippen LogP contribution in [0.15, 0.2) is 24.3 Å². The number of carbonyl (C=O) groups is 2. The van der Waals surface area contributed by atoms with E-state index in [2.05, 4.69) is 9.78 Å². The number of aromatic carboxylic acids is 1. The van der Waals surface area contributed by atoms with Crippen molar-refractivity contribution in [2.45, 2.75) is 0 Å². The number of thioether (sulfide) groups is 1. The molecule has 0 spiro atoms. The maximum atomic E-state index is 11.4. The summed E-state index contributed by atoms with van der Waals surface area (Å²) in [6, 6.07) is 5.43. The average molecular weight is 256 g/mol. The Labute approximate surface area is 103 Å². The fourth-order valence-electron chi connectivity index (χ4n) is 1.01. The molecule has 1 aromatic rings. The predicted molar refractivity (Wildman–Crippen MR) is 63.2 cm³/mol. The molecule has 0 radical (unpaired) electrons. The molecule has 0 fully saturated rings. The van der Waals surface area contributed by atoms with E-state index in [4.69, 9.17) is 5.11 Å². The van der Waals surface area contributed by atoms with E-state index >= 15 is 0 Å². The number of hydrogen-bond acceptors (Lipinski definition) is 5. The summed E-state index contributed by atoms with van der Waals surface area (Å²) in [5.41, 5.74) is 0.365. The van der Waals surface area contributed by atoms with Gasteiger partial charge in [0.25, 0.3) is 0 Å². The van der Waals surface area contributed by atoms with Crippen LogP contribution in [0.2, 0.25) is 0 Å². The van der Waals surface area contributed by atoms with Gasteiger partial charge < -0.3 is 5.11 Å². The van der Waals surface area contributed by atoms with Gasteiger partial charge in [0.1, 0.15) is 6.61 Å². The minimum Gasteiger partial charge on any atom is -0.478 e. The predicted octanol–water partition coefficient (Wildman–Crippen LogP) is 1.84. The zero-order valence-corrected chi connectivity index (χ0v) is 10.0. The highest BCUT2D eigenvalue weighted by molar-refractivity contribution is 7.98. The van der Waals surface area contributed by atoms with Crippen LogP contribution in [-0.4, -0.2) is 35.7 Å². The lowest BCUT2D eigenvalue weighted by atomic mass is 10.1. The minimum atomic E-state index is -1.04. The molecule has 0 aliphatic carbocycles. The van der Waals surface area contributed by atoms with Crippen molar-refractivity contribution in [2.24, 2.45) is 0 Å². The summed E-state index contributed by atoms with van der Waals surface area (Å²) >= 11 is 1.57. The Kier molecular flexibility index (Phi) is 5.51. The quantitative estimate of drug-likeness (QED) is 0.475. The van der Waals surface area contributed by atoms with Crippen LogP contribution >= 0.6 is 11.8 Å². The van der Waals surface area contributed by atoms with Crippen LogP contribution in [0.5, 0.6) is 0 Å². The summed E-state index contributed by atoms with van der Waals surface area (Å²) < 4.78 is 0. The Bertz CT molecular complexity index is 387. The lowest BCUT2D eigenvalue weighted by Gasteiger charge is -2.03. The fourth-order valence-corrected chi connectivity index (χ4v) is 1.24. The zero-order chi connectivity index (χ0) is 12.7. The first-order valence-corrected chi connectivity index (χ1v) is 6.20. The molecule has 92 valence electrons. The van der Waals surface area contributed by atoms with E-state index in [1.54, 1.807) is 11.8 Å². The van der Waals surface area contributed by atoms with Gasteiger partial charge in [-0.2, -0.15) is 16.6 Å². The molecule has 0 saturated heterocycles. The third-order valence-corrected chi connectivity index (χ3v) is 2.45. The average Bonchev–Trinajstić information content (AvgIpc) is 2.34. The Morgan fingerprint density at radius 3 is 2.35 bits per heavy atom. The highest BCUT2D eigenvalue weighted by Crippen LogP contribution is 2.06. The molecule has 0 saturated carbocycles. The molecule has 1 rings (SSSR count). The summed E-state index contributed by atoms with van der Waals surface area (Å²) in [6.07, 6.45) is 1.91. The molecule has 1 aromatic carbocycles. The molecule has 0 heterocycles. The van der Waals surface area contributed by atoms with Crippen LogP contribution in [0.4, 0.5) is 0 Å². The molecule has 6 heteroatoms. The standard InChI is InChI=1S/C11H12O5S/c1-17-7-6-15-16-11(14)9-4-2-8(3-5-9)10(12)13/h2-5H,6-7H2,1H3,(H,12,13). The van der Waals surface area contributed by atoms with Crippen LogP contribution < -0.4 is 0 Å². The fraction of sp³-hybridized carbons (Fsp3) is 0.273. The lowest BCUT2D eigenvalue weighted by molar-refractivity contribution is -0.235. The van der Waals surface area contributed by atoms with Gasteiger partial charge in [-0.05, 0) is 30.5 Å². The van der Waals surface area contributed by atoms with Gasteiger partial charge in [0.15, 0.2) is 0 Å². The van der Waals surface area contributed by atoms with Crippen molar-refractivity contribution in [3.05, 3.63) is 35.4 Å². The van der Waals surface area contributed by atoms with E-state index in [1.165, 1.54) is 24.3 Å². The van der Waals surface area contributed by atoms with Gasteiger partial charge in [-0.1, -0.05) is 0 Å². The summed E-state index contributed by atoms with van der Waals surface area (Å²) in [4.78, 5) is 31.2. The van der Waals surface area contributed by atoms with Crippen molar-refractivity contribution in [1.82, 2.24) is 0 Å². The van der Waals surface area contributed by atoms with Crippen molar-refractivity contribution >= 4 is 23.7 Å². The molecule has 0 aliphatic heterocycles. The molecular weight excluding hydrogens is 244 g/mol. The number of hydrogen-bond donors (Lipinski definition) is 1. The molecule has 0 aromatic heterocycles. The van der Waals surface area contributed by atoms with Gasteiger partial charge in [0.05, 0.1) is 11.1 Å². The van der Waals surface area contributed by atoms with Crippen molar-refractivity contribution in [1.29, 1.82) is 0 Å². The van der Waals surface area contributed by atoms with Crippen LogP contribution in [0.25, 0.3) is 0 Å². The molecule has 1 N–H and O–H groups in total. The van der Waals surface area contributed by atoms with Gasteiger partial charge in [-0.3, -0.25) is 4.89 Å². The van der Waals surface area contributed by atoms with Crippen molar-refractivity contribution in [3.63, 3.8) is 0 Å². The topological polar surface area (TPSA) is 72.8 Å². The Morgan fingerprint density at radius 2 is 1.82 bits per heavy atom. The maximum Gasteiger partial charge on any atom is 0.373 e. The van der Waals surface area contributed by atoms with E-state index < -0.39 is 11.9 Å². The molecule has 0 aliphatic rings. The first-order chi connectivity index (χ1) is 8.15. The van der Waals surface area contributed by atoms with E-state index in [0.29, 0.717) is 6.61 Å². The summed E-state index contributed by atoms with van der Waals surface area (Å²) in [5, 5.41) is 8.67. The number of carboxylic acids is 1. The molecule has 5 nitrogen and oxygen atoms in total. The highest BCUT2D eigenvalue weighted by atomic mass is 32.2. The van der Waals surface area contributed by atoms with E-state index in [9.17, 15) is 9.59 Å². The van der Waals surface area contributed by atoms with E-state index in [1.807, 2.05) is 6.26 Å². The molecule has 0 bridgehead atoms. The zero-order valence-electron chi connectivity index (χ0n) is 9.21. The normalized spacial score (nSPS) is 9.94. The smallest absolute Gasteiger partial charge is 0.373 e. The van der Waals surface area contributed by atoms with Crippen LogP contribution in [0.3, 0.4) is 0 Å². The Hall–Kier alpha value is -1.53. The highest BCUT2D eigenvalue weighted by Gasteiger charge is 2.09. The van der Waals surface area contributed by atoms with Crippen molar-refractivity contribution in [2.75, 3.05) is 18.6 Å².